The van der Waals surface area contributed by atoms with Gasteiger partial charge in [0.1, 0.15) is 6.54 Å². The minimum Gasteiger partial charge on any atom is -0.376 e. The SMILES string of the molecule is Cn1nnnc1-c1cccc(NCC(=O)NCC(F)(F)F)c1. The average Bonchev–Trinajstić information content (AvgIpc) is 2.89. The van der Waals surface area contributed by atoms with Crippen molar-refractivity contribution in [3.8, 4) is 11.4 Å². The number of amides is 1. The van der Waals surface area contributed by atoms with Gasteiger partial charge < -0.3 is 10.6 Å². The number of anilines is 1. The molecule has 0 spiro atoms. The fourth-order valence-corrected chi connectivity index (χ4v) is 1.69. The molecule has 0 bridgehead atoms. The van der Waals surface area contributed by atoms with Crippen LogP contribution >= 0.6 is 0 Å². The lowest BCUT2D eigenvalue weighted by molar-refractivity contribution is -0.137. The first-order valence-electron chi connectivity index (χ1n) is 6.25. The third-order valence-electron chi connectivity index (χ3n) is 2.68. The minimum absolute atomic E-state index is 0.267. The van der Waals surface area contributed by atoms with E-state index in [9.17, 15) is 18.0 Å². The second-order valence-corrected chi connectivity index (χ2v) is 4.45. The van der Waals surface area contributed by atoms with Crippen LogP contribution in [0.15, 0.2) is 24.3 Å². The maximum absolute atomic E-state index is 12.0. The van der Waals surface area contributed by atoms with E-state index in [-0.39, 0.29) is 6.54 Å². The van der Waals surface area contributed by atoms with Gasteiger partial charge in [-0.3, -0.25) is 4.79 Å². The number of benzene rings is 1. The smallest absolute Gasteiger partial charge is 0.376 e. The van der Waals surface area contributed by atoms with Crippen molar-refractivity contribution >= 4 is 11.6 Å². The second kappa shape index (κ2) is 6.41. The highest BCUT2D eigenvalue weighted by molar-refractivity contribution is 5.81. The summed E-state index contributed by atoms with van der Waals surface area (Å²) in [5.74, 6) is -0.215. The Labute approximate surface area is 123 Å². The van der Waals surface area contributed by atoms with Gasteiger partial charge in [-0.2, -0.15) is 13.2 Å². The van der Waals surface area contributed by atoms with E-state index in [4.69, 9.17) is 0 Å². The molecule has 0 aliphatic rings. The average molecular weight is 314 g/mol. The van der Waals surface area contributed by atoms with Gasteiger partial charge in [0, 0.05) is 18.3 Å². The van der Waals surface area contributed by atoms with Crippen molar-refractivity contribution in [2.75, 3.05) is 18.4 Å². The fourth-order valence-electron chi connectivity index (χ4n) is 1.69. The predicted molar refractivity (Wildman–Crippen MR) is 71.8 cm³/mol. The molecule has 0 saturated carbocycles. The summed E-state index contributed by atoms with van der Waals surface area (Å²) in [7, 11) is 1.68. The van der Waals surface area contributed by atoms with Crippen LogP contribution in [0.2, 0.25) is 0 Å². The molecule has 0 aliphatic heterocycles. The number of nitrogens with zero attached hydrogens (tertiary/aromatic N) is 4. The predicted octanol–water partition coefficient (Wildman–Crippen LogP) is 0.967. The molecular weight excluding hydrogens is 301 g/mol. The number of nitrogens with one attached hydrogen (secondary N) is 2. The van der Waals surface area contributed by atoms with Crippen molar-refractivity contribution in [2.24, 2.45) is 7.05 Å². The van der Waals surface area contributed by atoms with Gasteiger partial charge in [-0.05, 0) is 22.6 Å². The molecule has 0 aliphatic carbocycles. The highest BCUT2D eigenvalue weighted by atomic mass is 19.4. The van der Waals surface area contributed by atoms with Crippen molar-refractivity contribution in [3.05, 3.63) is 24.3 Å². The number of rotatable bonds is 5. The third-order valence-corrected chi connectivity index (χ3v) is 2.68. The van der Waals surface area contributed by atoms with Crippen molar-refractivity contribution in [3.63, 3.8) is 0 Å². The highest BCUT2D eigenvalue weighted by Crippen LogP contribution is 2.19. The number of hydrogen-bond acceptors (Lipinski definition) is 5. The van der Waals surface area contributed by atoms with Crippen LogP contribution in [-0.4, -0.2) is 45.4 Å². The summed E-state index contributed by atoms with van der Waals surface area (Å²) in [6.45, 7) is -1.62. The Kier molecular flexibility index (Phi) is 4.59. The van der Waals surface area contributed by atoms with Crippen LogP contribution in [0.3, 0.4) is 0 Å². The van der Waals surface area contributed by atoms with E-state index < -0.39 is 18.6 Å². The number of tetrazole rings is 1. The van der Waals surface area contributed by atoms with E-state index in [2.05, 4.69) is 20.8 Å². The lowest BCUT2D eigenvalue weighted by atomic mass is 10.2. The molecule has 10 heteroatoms. The van der Waals surface area contributed by atoms with Crippen LogP contribution in [0.4, 0.5) is 18.9 Å². The van der Waals surface area contributed by atoms with Crippen LogP contribution in [0.5, 0.6) is 0 Å². The van der Waals surface area contributed by atoms with Gasteiger partial charge in [-0.1, -0.05) is 12.1 Å². The Hall–Kier alpha value is -2.65. The summed E-state index contributed by atoms with van der Waals surface area (Å²) in [6.07, 6.45) is -4.42. The molecule has 2 rings (SSSR count). The maximum atomic E-state index is 12.0. The first-order chi connectivity index (χ1) is 10.3. The van der Waals surface area contributed by atoms with Gasteiger partial charge in [-0.15, -0.1) is 5.10 Å². The Morgan fingerprint density at radius 2 is 2.14 bits per heavy atom. The molecule has 0 atom stereocenters. The summed E-state index contributed by atoms with van der Waals surface area (Å²) in [6, 6.07) is 6.88. The summed E-state index contributed by atoms with van der Waals surface area (Å²) < 4.78 is 37.4. The van der Waals surface area contributed by atoms with E-state index in [1.54, 1.807) is 36.6 Å². The molecule has 1 aromatic heterocycles. The Balaban J connectivity index is 1.94. The minimum atomic E-state index is -4.42. The maximum Gasteiger partial charge on any atom is 0.405 e. The Morgan fingerprint density at radius 1 is 1.36 bits per heavy atom. The van der Waals surface area contributed by atoms with E-state index >= 15 is 0 Å². The molecule has 0 radical (unpaired) electrons. The van der Waals surface area contributed by atoms with Gasteiger partial charge in [0.25, 0.3) is 0 Å². The number of aromatic nitrogens is 4. The Morgan fingerprint density at radius 3 is 2.77 bits per heavy atom. The highest BCUT2D eigenvalue weighted by Gasteiger charge is 2.27. The zero-order valence-electron chi connectivity index (χ0n) is 11.6. The van der Waals surface area contributed by atoms with Gasteiger partial charge in [-0.25, -0.2) is 4.68 Å². The van der Waals surface area contributed by atoms with Crippen LogP contribution in [0.1, 0.15) is 0 Å². The molecule has 2 N–H and O–H groups in total. The van der Waals surface area contributed by atoms with Crippen molar-refractivity contribution in [2.45, 2.75) is 6.18 Å². The summed E-state index contributed by atoms with van der Waals surface area (Å²) >= 11 is 0. The van der Waals surface area contributed by atoms with Gasteiger partial charge in [0.05, 0.1) is 6.54 Å². The van der Waals surface area contributed by atoms with Gasteiger partial charge in [0.15, 0.2) is 5.82 Å². The Bertz CT molecular complexity index is 654. The third kappa shape index (κ3) is 4.43. The van der Waals surface area contributed by atoms with Crippen LogP contribution in [0, 0.1) is 0 Å². The van der Waals surface area contributed by atoms with Crippen molar-refractivity contribution in [1.29, 1.82) is 0 Å². The van der Waals surface area contributed by atoms with Crippen molar-refractivity contribution < 1.29 is 18.0 Å². The molecule has 7 nitrogen and oxygen atoms in total. The monoisotopic (exact) mass is 314 g/mol. The molecule has 0 unspecified atom stereocenters. The number of carbonyl (C=O) groups is 1. The molecule has 1 aromatic carbocycles. The van der Waals surface area contributed by atoms with Gasteiger partial charge in [0.2, 0.25) is 5.91 Å². The van der Waals surface area contributed by atoms with Gasteiger partial charge >= 0.3 is 6.18 Å². The first-order valence-corrected chi connectivity index (χ1v) is 6.25. The van der Waals surface area contributed by atoms with Crippen LogP contribution in [-0.2, 0) is 11.8 Å². The lowest BCUT2D eigenvalue weighted by Crippen LogP contribution is -2.37. The fraction of sp³-hybridized carbons (Fsp3) is 0.333. The normalized spacial score (nSPS) is 11.3. The number of aryl methyl sites for hydroxylation is 1. The summed E-state index contributed by atoms with van der Waals surface area (Å²) in [5.41, 5.74) is 1.29. The zero-order valence-corrected chi connectivity index (χ0v) is 11.6. The van der Waals surface area contributed by atoms with E-state index in [1.807, 2.05) is 0 Å². The van der Waals surface area contributed by atoms with Crippen LogP contribution in [0.25, 0.3) is 11.4 Å². The number of hydrogen-bond donors (Lipinski definition) is 2. The first kappa shape index (κ1) is 15.7. The van der Waals surface area contributed by atoms with E-state index in [0.29, 0.717) is 17.1 Å². The number of alkyl halides is 3. The summed E-state index contributed by atoms with van der Waals surface area (Å²) in [5, 5.41) is 15.6. The topological polar surface area (TPSA) is 84.7 Å². The molecule has 2 aromatic rings. The molecule has 1 amide bonds. The zero-order chi connectivity index (χ0) is 16.2. The number of halogens is 3. The quantitative estimate of drug-likeness (QED) is 0.859. The molecular formula is C12H13F3N6O. The summed E-state index contributed by atoms with van der Waals surface area (Å²) in [4.78, 5) is 11.3. The molecule has 0 fully saturated rings. The number of carbonyl (C=O) groups excluding carboxylic acids is 1. The van der Waals surface area contributed by atoms with Crippen LogP contribution < -0.4 is 10.6 Å². The second-order valence-electron chi connectivity index (χ2n) is 4.45. The molecule has 22 heavy (non-hydrogen) atoms. The largest absolute Gasteiger partial charge is 0.405 e. The molecule has 0 saturated heterocycles. The molecule has 1 heterocycles. The van der Waals surface area contributed by atoms with Crippen molar-refractivity contribution in [1.82, 2.24) is 25.5 Å². The standard InChI is InChI=1S/C12H13F3N6O/c1-21-11(18-19-20-21)8-3-2-4-9(5-8)16-6-10(22)17-7-12(13,14)15/h2-5,16H,6-7H2,1H3,(H,17,22). The molecule has 118 valence electrons. The van der Waals surface area contributed by atoms with E-state index in [0.717, 1.165) is 0 Å². The lowest BCUT2D eigenvalue weighted by Gasteiger charge is -2.10. The van der Waals surface area contributed by atoms with E-state index in [1.165, 1.54) is 4.68 Å².